The van der Waals surface area contributed by atoms with Gasteiger partial charge < -0.3 is 9.47 Å². The van der Waals surface area contributed by atoms with Crippen LogP contribution in [-0.2, 0) is 16.1 Å². The molecule has 23 heavy (non-hydrogen) atoms. The Bertz CT molecular complexity index is 690. The van der Waals surface area contributed by atoms with Gasteiger partial charge in [0, 0.05) is 22.6 Å². The van der Waals surface area contributed by atoms with Crippen molar-refractivity contribution in [2.75, 3.05) is 12.9 Å². The minimum atomic E-state index is -0.504. The number of ether oxygens (including phenoxy) is 2. The van der Waals surface area contributed by atoms with Crippen LogP contribution in [0.1, 0.15) is 5.56 Å². The second-order valence-electron chi connectivity index (χ2n) is 4.52. The van der Waals surface area contributed by atoms with Crippen LogP contribution in [0.5, 0.6) is 5.75 Å². The summed E-state index contributed by atoms with van der Waals surface area (Å²) >= 11 is 1.37. The van der Waals surface area contributed by atoms with Crippen molar-refractivity contribution in [3.63, 3.8) is 0 Å². The lowest BCUT2D eigenvalue weighted by molar-refractivity contribution is -0.385. The summed E-state index contributed by atoms with van der Waals surface area (Å²) in [6.45, 7) is -0.0704. The molecular weight excluding hydrogens is 318 g/mol. The van der Waals surface area contributed by atoms with Crippen LogP contribution in [0.4, 0.5) is 5.69 Å². The quantitative estimate of drug-likeness (QED) is 0.334. The molecule has 0 aliphatic carbocycles. The van der Waals surface area contributed by atoms with Crippen molar-refractivity contribution in [1.29, 1.82) is 0 Å². The molecule has 0 fully saturated rings. The molecule has 7 heteroatoms. The maximum atomic E-state index is 11.8. The lowest BCUT2D eigenvalue weighted by Gasteiger charge is -2.09. The Labute approximate surface area is 137 Å². The molecule has 0 aliphatic rings. The average Bonchev–Trinajstić information content (AvgIpc) is 2.58. The van der Waals surface area contributed by atoms with E-state index in [1.54, 1.807) is 0 Å². The Balaban J connectivity index is 1.93. The smallest absolute Gasteiger partial charge is 0.316 e. The van der Waals surface area contributed by atoms with Crippen LogP contribution in [-0.4, -0.2) is 23.8 Å². The molecule has 0 aliphatic heterocycles. The lowest BCUT2D eigenvalue weighted by atomic mass is 10.2. The molecule has 0 radical (unpaired) electrons. The summed E-state index contributed by atoms with van der Waals surface area (Å²) in [5.74, 6) is 0.216. The minimum absolute atomic E-state index is 0.0704. The molecule has 0 unspecified atom stereocenters. The van der Waals surface area contributed by atoms with Crippen LogP contribution in [0, 0.1) is 10.1 Å². The van der Waals surface area contributed by atoms with Crippen LogP contribution in [0.15, 0.2) is 53.4 Å². The van der Waals surface area contributed by atoms with E-state index >= 15 is 0 Å². The predicted octanol–water partition coefficient (Wildman–Crippen LogP) is 3.44. The fourth-order valence-corrected chi connectivity index (χ4v) is 2.57. The average molecular weight is 333 g/mol. The molecule has 2 aromatic rings. The molecule has 0 N–H and O–H groups in total. The molecule has 0 aromatic heterocycles. The summed E-state index contributed by atoms with van der Waals surface area (Å²) in [6, 6.07) is 13.7. The molecule has 6 nitrogen and oxygen atoms in total. The summed E-state index contributed by atoms with van der Waals surface area (Å²) in [4.78, 5) is 23.1. The number of benzene rings is 2. The zero-order valence-corrected chi connectivity index (χ0v) is 13.2. The number of nitro benzene ring substituents is 1. The Kier molecular flexibility index (Phi) is 5.99. The Hall–Kier alpha value is -2.54. The third kappa shape index (κ3) is 5.00. The van der Waals surface area contributed by atoms with Gasteiger partial charge in [-0.2, -0.15) is 0 Å². The lowest BCUT2D eigenvalue weighted by Crippen LogP contribution is -2.08. The number of non-ortho nitro benzene ring substituents is 1. The van der Waals surface area contributed by atoms with Crippen molar-refractivity contribution in [2.45, 2.75) is 11.5 Å². The van der Waals surface area contributed by atoms with Crippen molar-refractivity contribution in [3.05, 3.63) is 64.2 Å². The summed E-state index contributed by atoms with van der Waals surface area (Å²) in [5, 5.41) is 10.8. The first kappa shape index (κ1) is 16.8. The number of methoxy groups -OCH3 is 1. The highest BCUT2D eigenvalue weighted by Crippen LogP contribution is 2.25. The zero-order valence-electron chi connectivity index (χ0n) is 12.4. The number of rotatable bonds is 7. The van der Waals surface area contributed by atoms with Crippen molar-refractivity contribution >= 4 is 23.4 Å². The third-order valence-corrected chi connectivity index (χ3v) is 3.95. The van der Waals surface area contributed by atoms with E-state index in [1.165, 1.54) is 37.1 Å². The minimum Gasteiger partial charge on any atom is -0.496 e. The SMILES string of the molecule is COc1ccc([N+](=O)[O-])cc1COC(=O)CSc1ccccc1. The maximum absolute atomic E-state index is 11.8. The second-order valence-corrected chi connectivity index (χ2v) is 5.56. The van der Waals surface area contributed by atoms with Gasteiger partial charge in [0.1, 0.15) is 12.4 Å². The fourth-order valence-electron chi connectivity index (χ4n) is 1.85. The van der Waals surface area contributed by atoms with Gasteiger partial charge in [0.15, 0.2) is 0 Å². The molecule has 2 rings (SSSR count). The van der Waals surface area contributed by atoms with Crippen LogP contribution in [0.25, 0.3) is 0 Å². The Morgan fingerprint density at radius 2 is 1.96 bits per heavy atom. The molecule has 0 heterocycles. The fraction of sp³-hybridized carbons (Fsp3) is 0.188. The molecule has 0 saturated carbocycles. The highest BCUT2D eigenvalue weighted by atomic mass is 32.2. The zero-order chi connectivity index (χ0) is 16.7. The molecule has 0 amide bonds. The highest BCUT2D eigenvalue weighted by Gasteiger charge is 2.13. The Morgan fingerprint density at radius 1 is 1.22 bits per heavy atom. The first-order valence-corrected chi connectivity index (χ1v) is 7.73. The van der Waals surface area contributed by atoms with E-state index in [9.17, 15) is 14.9 Å². The van der Waals surface area contributed by atoms with Gasteiger partial charge >= 0.3 is 5.97 Å². The number of nitrogens with zero attached hydrogens (tertiary/aromatic N) is 1. The first-order chi connectivity index (χ1) is 11.1. The van der Waals surface area contributed by atoms with E-state index in [1.807, 2.05) is 30.3 Å². The van der Waals surface area contributed by atoms with E-state index in [0.29, 0.717) is 11.3 Å². The standard InChI is InChI=1S/C16H15NO5S/c1-21-15-8-7-13(17(19)20)9-12(15)10-22-16(18)11-23-14-5-3-2-4-6-14/h2-9H,10-11H2,1H3. The molecule has 2 aromatic carbocycles. The van der Waals surface area contributed by atoms with E-state index in [2.05, 4.69) is 0 Å². The van der Waals surface area contributed by atoms with E-state index in [-0.39, 0.29) is 18.0 Å². The molecule has 0 bridgehead atoms. The van der Waals surface area contributed by atoms with Crippen LogP contribution >= 0.6 is 11.8 Å². The van der Waals surface area contributed by atoms with E-state index < -0.39 is 10.9 Å². The maximum Gasteiger partial charge on any atom is 0.316 e. The van der Waals surface area contributed by atoms with Gasteiger partial charge in [0.05, 0.1) is 17.8 Å². The highest BCUT2D eigenvalue weighted by molar-refractivity contribution is 8.00. The Morgan fingerprint density at radius 3 is 2.61 bits per heavy atom. The van der Waals surface area contributed by atoms with Gasteiger partial charge in [-0.3, -0.25) is 14.9 Å². The van der Waals surface area contributed by atoms with Gasteiger partial charge in [-0.1, -0.05) is 18.2 Å². The summed E-state index contributed by atoms with van der Waals surface area (Å²) in [6.07, 6.45) is 0. The van der Waals surface area contributed by atoms with Crippen molar-refractivity contribution < 1.29 is 19.2 Å². The monoisotopic (exact) mass is 333 g/mol. The van der Waals surface area contributed by atoms with Crippen LogP contribution in [0.2, 0.25) is 0 Å². The van der Waals surface area contributed by atoms with Gasteiger partial charge in [-0.05, 0) is 18.2 Å². The molecule has 0 atom stereocenters. The number of carbonyl (C=O) groups is 1. The van der Waals surface area contributed by atoms with Crippen molar-refractivity contribution in [2.24, 2.45) is 0 Å². The largest absolute Gasteiger partial charge is 0.496 e. The number of hydrogen-bond acceptors (Lipinski definition) is 6. The summed E-state index contributed by atoms with van der Waals surface area (Å²) < 4.78 is 10.3. The van der Waals surface area contributed by atoms with Gasteiger partial charge in [0.2, 0.25) is 0 Å². The van der Waals surface area contributed by atoms with Gasteiger partial charge in [-0.15, -0.1) is 11.8 Å². The molecule has 0 saturated heterocycles. The predicted molar refractivity (Wildman–Crippen MR) is 86.6 cm³/mol. The number of thioether (sulfide) groups is 1. The van der Waals surface area contributed by atoms with Crippen LogP contribution < -0.4 is 4.74 Å². The number of esters is 1. The van der Waals surface area contributed by atoms with Crippen LogP contribution in [0.3, 0.4) is 0 Å². The van der Waals surface area contributed by atoms with Gasteiger partial charge in [0.25, 0.3) is 5.69 Å². The third-order valence-electron chi connectivity index (χ3n) is 2.96. The summed E-state index contributed by atoms with van der Waals surface area (Å²) in [7, 11) is 1.46. The summed E-state index contributed by atoms with van der Waals surface area (Å²) in [5.41, 5.74) is 0.385. The van der Waals surface area contributed by atoms with Gasteiger partial charge in [-0.25, -0.2) is 0 Å². The number of nitro groups is 1. The van der Waals surface area contributed by atoms with Crippen molar-refractivity contribution in [3.8, 4) is 5.75 Å². The van der Waals surface area contributed by atoms with E-state index in [0.717, 1.165) is 4.90 Å². The molecule has 120 valence electrons. The number of hydrogen-bond donors (Lipinski definition) is 0. The molecular formula is C16H15NO5S. The van der Waals surface area contributed by atoms with Crippen molar-refractivity contribution in [1.82, 2.24) is 0 Å². The normalized spacial score (nSPS) is 10.1. The number of carbonyl (C=O) groups excluding carboxylic acids is 1. The topological polar surface area (TPSA) is 78.7 Å². The second kappa shape index (κ2) is 8.19. The van der Waals surface area contributed by atoms with E-state index in [4.69, 9.17) is 9.47 Å². The first-order valence-electron chi connectivity index (χ1n) is 6.75. The molecule has 0 spiro atoms.